The monoisotopic (exact) mass is 311 g/mol. The van der Waals surface area contributed by atoms with Gasteiger partial charge in [-0.2, -0.15) is 0 Å². The Bertz CT molecular complexity index is 808. The van der Waals surface area contributed by atoms with Crippen LogP contribution >= 0.6 is 0 Å². The van der Waals surface area contributed by atoms with Crippen LogP contribution in [0.1, 0.15) is 30.4 Å². The summed E-state index contributed by atoms with van der Waals surface area (Å²) in [7, 11) is 0. The summed E-state index contributed by atoms with van der Waals surface area (Å²) in [5.74, 6) is -0.722. The molecule has 1 aromatic heterocycles. The molecule has 3 rings (SSSR count). The quantitative estimate of drug-likeness (QED) is 0.710. The maximum Gasteiger partial charge on any atom is 0.306 e. The van der Waals surface area contributed by atoms with Gasteiger partial charge in [0.15, 0.2) is 0 Å². The molecule has 0 bridgehead atoms. The van der Waals surface area contributed by atoms with Crippen molar-refractivity contribution in [3.8, 4) is 0 Å². The molecule has 4 heteroatoms. The third kappa shape index (κ3) is 3.26. The zero-order chi connectivity index (χ0) is 16.2. The lowest BCUT2D eigenvalue weighted by Crippen LogP contribution is -2.11. The zero-order valence-corrected chi connectivity index (χ0v) is 12.9. The fraction of sp³-hybridized carbons (Fsp3) is 0.211. The van der Waals surface area contributed by atoms with E-state index in [2.05, 4.69) is 4.98 Å². The highest BCUT2D eigenvalue weighted by Crippen LogP contribution is 2.33. The van der Waals surface area contributed by atoms with Gasteiger partial charge in [0.1, 0.15) is 5.82 Å². The normalized spacial score (nSPS) is 12.3. The maximum atomic E-state index is 13.2. The molecule has 0 aliphatic carbocycles. The molecule has 0 unspecified atom stereocenters. The van der Waals surface area contributed by atoms with E-state index in [1.54, 1.807) is 19.1 Å². The molecular weight excluding hydrogens is 293 g/mol. The Kier molecular flexibility index (Phi) is 4.42. The SMILES string of the molecule is CCOC(=O)C[C@@H](c1ccc(F)cc1)c1c[nH]c2ccccc12. The zero-order valence-electron chi connectivity index (χ0n) is 12.9. The first-order chi connectivity index (χ1) is 11.2. The number of fused-ring (bicyclic) bond motifs is 1. The summed E-state index contributed by atoms with van der Waals surface area (Å²) in [6.07, 6.45) is 2.14. The van der Waals surface area contributed by atoms with Crippen LogP contribution in [0.2, 0.25) is 0 Å². The van der Waals surface area contributed by atoms with E-state index in [0.717, 1.165) is 22.0 Å². The maximum absolute atomic E-state index is 13.2. The molecule has 118 valence electrons. The van der Waals surface area contributed by atoms with Crippen molar-refractivity contribution in [1.29, 1.82) is 0 Å². The van der Waals surface area contributed by atoms with E-state index in [4.69, 9.17) is 4.74 Å². The molecule has 0 aliphatic rings. The van der Waals surface area contributed by atoms with Gasteiger partial charge in [0.25, 0.3) is 0 Å². The summed E-state index contributed by atoms with van der Waals surface area (Å²) in [6.45, 7) is 2.14. The largest absolute Gasteiger partial charge is 0.466 e. The van der Waals surface area contributed by atoms with Gasteiger partial charge < -0.3 is 9.72 Å². The van der Waals surface area contributed by atoms with Crippen molar-refractivity contribution in [3.05, 3.63) is 71.7 Å². The minimum absolute atomic E-state index is 0.175. The van der Waals surface area contributed by atoms with Gasteiger partial charge in [-0.15, -0.1) is 0 Å². The number of aromatic amines is 1. The van der Waals surface area contributed by atoms with E-state index >= 15 is 0 Å². The number of carbonyl (C=O) groups excluding carboxylic acids is 1. The number of carbonyl (C=O) groups is 1. The van der Waals surface area contributed by atoms with Gasteiger partial charge in [0.2, 0.25) is 0 Å². The van der Waals surface area contributed by atoms with Gasteiger partial charge in [-0.3, -0.25) is 4.79 Å². The van der Waals surface area contributed by atoms with Crippen LogP contribution < -0.4 is 0 Å². The van der Waals surface area contributed by atoms with Crippen molar-refractivity contribution < 1.29 is 13.9 Å². The molecule has 1 atom stereocenters. The highest BCUT2D eigenvalue weighted by Gasteiger charge is 2.22. The van der Waals surface area contributed by atoms with Gasteiger partial charge in [-0.05, 0) is 36.2 Å². The molecule has 1 N–H and O–H groups in total. The number of hydrogen-bond acceptors (Lipinski definition) is 2. The second-order valence-corrected chi connectivity index (χ2v) is 5.40. The molecule has 0 radical (unpaired) electrons. The van der Waals surface area contributed by atoms with Crippen LogP contribution in [-0.4, -0.2) is 17.6 Å². The van der Waals surface area contributed by atoms with Crippen LogP contribution in [0, 0.1) is 5.82 Å². The lowest BCUT2D eigenvalue weighted by atomic mass is 9.88. The average molecular weight is 311 g/mol. The van der Waals surface area contributed by atoms with Gasteiger partial charge in [-0.1, -0.05) is 30.3 Å². The van der Waals surface area contributed by atoms with Crippen LogP contribution in [0.4, 0.5) is 4.39 Å². The molecule has 3 nitrogen and oxygen atoms in total. The van der Waals surface area contributed by atoms with Gasteiger partial charge in [0, 0.05) is 23.0 Å². The lowest BCUT2D eigenvalue weighted by molar-refractivity contribution is -0.143. The van der Waals surface area contributed by atoms with E-state index in [1.165, 1.54) is 12.1 Å². The predicted molar refractivity (Wildman–Crippen MR) is 87.8 cm³/mol. The first-order valence-corrected chi connectivity index (χ1v) is 7.66. The van der Waals surface area contributed by atoms with Gasteiger partial charge in [-0.25, -0.2) is 4.39 Å². The molecule has 0 saturated heterocycles. The highest BCUT2D eigenvalue weighted by atomic mass is 19.1. The molecule has 23 heavy (non-hydrogen) atoms. The fourth-order valence-corrected chi connectivity index (χ4v) is 2.87. The molecule has 0 fully saturated rings. The van der Waals surface area contributed by atoms with E-state index in [9.17, 15) is 9.18 Å². The summed E-state index contributed by atoms with van der Waals surface area (Å²) in [6, 6.07) is 14.2. The summed E-state index contributed by atoms with van der Waals surface area (Å²) < 4.78 is 18.3. The molecule has 2 aromatic carbocycles. The van der Waals surface area contributed by atoms with E-state index < -0.39 is 0 Å². The number of benzene rings is 2. The number of esters is 1. The first kappa shape index (κ1) is 15.3. The average Bonchev–Trinajstić information content (AvgIpc) is 2.98. The minimum atomic E-state index is -0.289. The van der Waals surface area contributed by atoms with Crippen LogP contribution in [0.3, 0.4) is 0 Å². The van der Waals surface area contributed by atoms with Crippen molar-refractivity contribution in [2.45, 2.75) is 19.3 Å². The van der Waals surface area contributed by atoms with Crippen LogP contribution in [0.5, 0.6) is 0 Å². The Morgan fingerprint density at radius 3 is 2.65 bits per heavy atom. The topological polar surface area (TPSA) is 42.1 Å². The molecule has 0 saturated carbocycles. The van der Waals surface area contributed by atoms with Gasteiger partial charge >= 0.3 is 5.97 Å². The van der Waals surface area contributed by atoms with Crippen LogP contribution in [0.25, 0.3) is 10.9 Å². The van der Waals surface area contributed by atoms with Crippen molar-refractivity contribution >= 4 is 16.9 Å². The van der Waals surface area contributed by atoms with Crippen LogP contribution in [0.15, 0.2) is 54.7 Å². The second kappa shape index (κ2) is 6.65. The first-order valence-electron chi connectivity index (χ1n) is 7.66. The van der Waals surface area contributed by atoms with Gasteiger partial charge in [0.05, 0.1) is 13.0 Å². The number of H-pyrrole nitrogens is 1. The number of aromatic nitrogens is 1. The van der Waals surface area contributed by atoms with Crippen molar-refractivity contribution in [3.63, 3.8) is 0 Å². The van der Waals surface area contributed by atoms with Crippen molar-refractivity contribution in [2.24, 2.45) is 0 Å². The summed E-state index contributed by atoms with van der Waals surface area (Å²) in [4.78, 5) is 15.2. The molecule has 0 amide bonds. The molecule has 0 aliphatic heterocycles. The minimum Gasteiger partial charge on any atom is -0.466 e. The number of para-hydroxylation sites is 1. The fourth-order valence-electron chi connectivity index (χ4n) is 2.87. The molecule has 0 spiro atoms. The number of halogens is 1. The van der Waals surface area contributed by atoms with E-state index in [0.29, 0.717) is 6.61 Å². The summed E-state index contributed by atoms with van der Waals surface area (Å²) in [5.41, 5.74) is 2.92. The number of hydrogen-bond donors (Lipinski definition) is 1. The number of nitrogens with one attached hydrogen (secondary N) is 1. The van der Waals surface area contributed by atoms with Crippen molar-refractivity contribution in [2.75, 3.05) is 6.61 Å². The second-order valence-electron chi connectivity index (χ2n) is 5.40. The summed E-state index contributed by atoms with van der Waals surface area (Å²) >= 11 is 0. The number of ether oxygens (including phenoxy) is 1. The van der Waals surface area contributed by atoms with E-state index in [1.807, 2.05) is 30.5 Å². The Morgan fingerprint density at radius 1 is 1.17 bits per heavy atom. The lowest BCUT2D eigenvalue weighted by Gasteiger charge is -2.16. The van der Waals surface area contributed by atoms with E-state index in [-0.39, 0.29) is 24.1 Å². The third-order valence-electron chi connectivity index (χ3n) is 3.95. The third-order valence-corrected chi connectivity index (χ3v) is 3.95. The van der Waals surface area contributed by atoms with Crippen molar-refractivity contribution in [1.82, 2.24) is 4.98 Å². The molecular formula is C19H18FNO2. The molecule has 1 heterocycles. The smallest absolute Gasteiger partial charge is 0.306 e. The summed E-state index contributed by atoms with van der Waals surface area (Å²) in [5, 5.41) is 1.06. The Morgan fingerprint density at radius 2 is 1.91 bits per heavy atom. The molecule has 3 aromatic rings. The Hall–Kier alpha value is -2.62. The predicted octanol–water partition coefficient (Wildman–Crippen LogP) is 4.39. The Balaban J connectivity index is 2.03. The number of rotatable bonds is 5. The van der Waals surface area contributed by atoms with Crippen LogP contribution in [-0.2, 0) is 9.53 Å². The standard InChI is InChI=1S/C19H18FNO2/c1-2-23-19(22)11-16(13-7-9-14(20)10-8-13)17-12-21-18-6-4-3-5-15(17)18/h3-10,12,16,21H,2,11H2,1H3/t16-/m0/s1. The highest BCUT2D eigenvalue weighted by molar-refractivity contribution is 5.85. The Labute approximate surface area is 134 Å².